The normalized spacial score (nSPS) is 32.5. The minimum Gasteiger partial charge on any atom is -0.461 e. The van der Waals surface area contributed by atoms with Crippen molar-refractivity contribution < 1.29 is 19.2 Å². The number of rotatable bonds is 3. The zero-order valence-electron chi connectivity index (χ0n) is 18.3. The zero-order valence-corrected chi connectivity index (χ0v) is 18.3. The van der Waals surface area contributed by atoms with Gasteiger partial charge in [0.15, 0.2) is 6.29 Å². The number of carbonyl (C=O) groups is 2. The number of nitro benzene ring substituents is 1. The van der Waals surface area contributed by atoms with E-state index in [-0.39, 0.29) is 34.7 Å². The van der Waals surface area contributed by atoms with Crippen LogP contribution in [0.2, 0.25) is 0 Å². The maximum absolute atomic E-state index is 12.5. The molecule has 2 saturated carbocycles. The van der Waals surface area contributed by atoms with Crippen LogP contribution in [-0.2, 0) is 16.0 Å². The van der Waals surface area contributed by atoms with Gasteiger partial charge in [-0.2, -0.15) is 0 Å². The fraction of sp³-hybridized carbons (Fsp3) is 0.667. The van der Waals surface area contributed by atoms with E-state index in [4.69, 9.17) is 4.74 Å². The highest BCUT2D eigenvalue weighted by atomic mass is 16.6. The van der Waals surface area contributed by atoms with Crippen LogP contribution in [0.5, 0.6) is 0 Å². The largest absolute Gasteiger partial charge is 0.461 e. The number of esters is 1. The van der Waals surface area contributed by atoms with Crippen LogP contribution in [-0.4, -0.2) is 23.3 Å². The topological polar surface area (TPSA) is 86.5 Å². The number of ether oxygens (including phenoxy) is 1. The standard InChI is InChI=1S/C24H31NO5/c1-23(2,3)22(27)30-21-8-7-19-17-6-5-14-11-15(13-26)20(25(28)29)12-18(14)16(17)9-10-24(19,21)4/h11-13,16-17,19,21H,5-10H2,1-4H3/t16-,17+,19-,21-,24-/m0/s1. The second-order valence-electron chi connectivity index (χ2n) is 10.7. The Labute approximate surface area is 177 Å². The van der Waals surface area contributed by atoms with E-state index in [0.29, 0.717) is 18.1 Å². The maximum Gasteiger partial charge on any atom is 0.311 e. The van der Waals surface area contributed by atoms with Crippen LogP contribution in [0.1, 0.15) is 87.2 Å². The molecule has 162 valence electrons. The summed E-state index contributed by atoms with van der Waals surface area (Å²) in [6, 6.07) is 3.39. The van der Waals surface area contributed by atoms with Crippen molar-refractivity contribution in [2.75, 3.05) is 0 Å². The van der Waals surface area contributed by atoms with Gasteiger partial charge in [0.2, 0.25) is 0 Å². The molecule has 0 bridgehead atoms. The van der Waals surface area contributed by atoms with E-state index < -0.39 is 10.3 Å². The summed E-state index contributed by atoms with van der Waals surface area (Å²) in [6.45, 7) is 7.94. The molecule has 30 heavy (non-hydrogen) atoms. The number of hydrogen-bond donors (Lipinski definition) is 0. The molecule has 3 aliphatic rings. The van der Waals surface area contributed by atoms with E-state index in [1.807, 2.05) is 20.8 Å². The Kier molecular flexibility index (Phi) is 5.02. The summed E-state index contributed by atoms with van der Waals surface area (Å²) in [7, 11) is 0. The van der Waals surface area contributed by atoms with Gasteiger partial charge in [-0.3, -0.25) is 19.7 Å². The number of hydrogen-bond acceptors (Lipinski definition) is 5. The molecule has 1 aromatic rings. The third-order valence-corrected chi connectivity index (χ3v) is 7.97. The molecule has 6 heteroatoms. The van der Waals surface area contributed by atoms with Crippen molar-refractivity contribution in [2.24, 2.45) is 22.7 Å². The molecule has 0 radical (unpaired) electrons. The van der Waals surface area contributed by atoms with E-state index >= 15 is 0 Å². The van der Waals surface area contributed by atoms with E-state index in [9.17, 15) is 19.7 Å². The number of carbonyl (C=O) groups excluding carboxylic acids is 2. The molecule has 2 fully saturated rings. The molecule has 0 heterocycles. The lowest BCUT2D eigenvalue weighted by molar-refractivity contribution is -0.385. The molecule has 0 aliphatic heterocycles. The average molecular weight is 414 g/mol. The molecular weight excluding hydrogens is 382 g/mol. The van der Waals surface area contributed by atoms with Gasteiger partial charge in [0.25, 0.3) is 5.69 Å². The first-order valence-electron chi connectivity index (χ1n) is 11.0. The van der Waals surface area contributed by atoms with E-state index in [1.165, 1.54) is 0 Å². The Bertz CT molecular complexity index is 902. The lowest BCUT2D eigenvalue weighted by atomic mass is 9.55. The van der Waals surface area contributed by atoms with Crippen molar-refractivity contribution in [3.8, 4) is 0 Å². The molecule has 0 N–H and O–H groups in total. The highest BCUT2D eigenvalue weighted by Gasteiger charge is 2.56. The van der Waals surface area contributed by atoms with Crippen molar-refractivity contribution in [1.82, 2.24) is 0 Å². The van der Waals surface area contributed by atoms with E-state index in [2.05, 4.69) is 6.92 Å². The number of benzene rings is 1. The summed E-state index contributed by atoms with van der Waals surface area (Å²) in [4.78, 5) is 34.9. The zero-order chi connectivity index (χ0) is 21.8. The Balaban J connectivity index is 1.62. The van der Waals surface area contributed by atoms with Crippen molar-refractivity contribution in [1.29, 1.82) is 0 Å². The third-order valence-electron chi connectivity index (χ3n) is 7.97. The van der Waals surface area contributed by atoms with Gasteiger partial charge in [0, 0.05) is 11.5 Å². The van der Waals surface area contributed by atoms with Crippen molar-refractivity contribution in [3.63, 3.8) is 0 Å². The molecule has 1 aromatic carbocycles. The Morgan fingerprint density at radius 1 is 1.23 bits per heavy atom. The Hall–Kier alpha value is -2.24. The van der Waals surface area contributed by atoms with E-state index in [1.54, 1.807) is 12.1 Å². The molecule has 0 aromatic heterocycles. The lowest BCUT2D eigenvalue weighted by Crippen LogP contribution is -2.46. The van der Waals surface area contributed by atoms with Gasteiger partial charge in [0.1, 0.15) is 6.10 Å². The maximum atomic E-state index is 12.5. The van der Waals surface area contributed by atoms with Gasteiger partial charge >= 0.3 is 5.97 Å². The first-order valence-corrected chi connectivity index (χ1v) is 11.0. The van der Waals surface area contributed by atoms with Crippen LogP contribution >= 0.6 is 0 Å². The van der Waals surface area contributed by atoms with Crippen LogP contribution in [0.25, 0.3) is 0 Å². The molecule has 0 saturated heterocycles. The summed E-state index contributed by atoms with van der Waals surface area (Å²) in [5, 5.41) is 11.5. The lowest BCUT2D eigenvalue weighted by Gasteiger charge is -2.50. The van der Waals surface area contributed by atoms with Crippen LogP contribution in [0.15, 0.2) is 12.1 Å². The number of aryl methyl sites for hydroxylation is 1. The van der Waals surface area contributed by atoms with Gasteiger partial charge in [-0.1, -0.05) is 6.92 Å². The van der Waals surface area contributed by atoms with E-state index in [0.717, 1.165) is 49.7 Å². The quantitative estimate of drug-likeness (QED) is 0.293. The Morgan fingerprint density at radius 3 is 2.60 bits per heavy atom. The summed E-state index contributed by atoms with van der Waals surface area (Å²) in [6.07, 6.45) is 6.21. The van der Waals surface area contributed by atoms with Crippen molar-refractivity contribution in [2.45, 2.75) is 78.2 Å². The molecule has 5 atom stereocenters. The summed E-state index contributed by atoms with van der Waals surface area (Å²) >= 11 is 0. The molecule has 6 nitrogen and oxygen atoms in total. The first-order chi connectivity index (χ1) is 14.1. The van der Waals surface area contributed by atoms with Gasteiger partial charge in [-0.15, -0.1) is 0 Å². The number of nitrogens with zero attached hydrogens (tertiary/aromatic N) is 1. The fourth-order valence-corrected chi connectivity index (χ4v) is 6.33. The van der Waals surface area contributed by atoms with Gasteiger partial charge in [-0.05, 0) is 94.2 Å². The highest BCUT2D eigenvalue weighted by molar-refractivity contribution is 5.82. The molecular formula is C24H31NO5. The molecule has 4 rings (SSSR count). The Morgan fingerprint density at radius 2 is 1.97 bits per heavy atom. The minimum atomic E-state index is -0.509. The fourth-order valence-electron chi connectivity index (χ4n) is 6.33. The average Bonchev–Trinajstić information content (AvgIpc) is 3.02. The van der Waals surface area contributed by atoms with Crippen molar-refractivity contribution >= 4 is 17.9 Å². The summed E-state index contributed by atoms with van der Waals surface area (Å²) < 4.78 is 6.01. The predicted octanol–water partition coefficient (Wildman–Crippen LogP) is 5.22. The van der Waals surface area contributed by atoms with Gasteiger partial charge in [-0.25, -0.2) is 0 Å². The third kappa shape index (κ3) is 3.25. The first kappa shape index (κ1) is 21.0. The molecule has 0 unspecified atom stereocenters. The van der Waals surface area contributed by atoms with Gasteiger partial charge in [0.05, 0.1) is 15.9 Å². The van der Waals surface area contributed by atoms with Crippen LogP contribution in [0, 0.1) is 32.8 Å². The summed E-state index contributed by atoms with van der Waals surface area (Å²) in [5.74, 6) is 1.04. The van der Waals surface area contributed by atoms with Crippen LogP contribution in [0.4, 0.5) is 5.69 Å². The SMILES string of the molecule is CC(C)(C)C(=O)O[C@H]1CC[C@H]2[C@@H]3CCc4cc(C=O)c([N+](=O)[O-])cc4[C@H]3CC[C@]12C. The number of nitro groups is 1. The smallest absolute Gasteiger partial charge is 0.311 e. The van der Waals surface area contributed by atoms with Gasteiger partial charge < -0.3 is 4.74 Å². The van der Waals surface area contributed by atoms with Crippen LogP contribution < -0.4 is 0 Å². The number of fused-ring (bicyclic) bond motifs is 5. The van der Waals surface area contributed by atoms with Crippen molar-refractivity contribution in [3.05, 3.63) is 38.9 Å². The minimum absolute atomic E-state index is 0.0335. The summed E-state index contributed by atoms with van der Waals surface area (Å²) in [5.41, 5.74) is 1.69. The molecule has 0 amide bonds. The predicted molar refractivity (Wildman–Crippen MR) is 112 cm³/mol. The van der Waals surface area contributed by atoms with Crippen LogP contribution in [0.3, 0.4) is 0 Å². The molecule has 3 aliphatic carbocycles. The highest BCUT2D eigenvalue weighted by Crippen LogP contribution is 2.61. The second-order valence-corrected chi connectivity index (χ2v) is 10.7. The second kappa shape index (κ2) is 7.17. The number of aldehydes is 1. The molecule has 0 spiro atoms. The monoisotopic (exact) mass is 413 g/mol.